The molecule has 1 aromatic carbocycles. The van der Waals surface area contributed by atoms with Crippen LogP contribution in [0.5, 0.6) is 0 Å². The molecule has 1 saturated heterocycles. The average molecular weight is 266 g/mol. The Morgan fingerprint density at radius 1 is 0.833 bits per heavy atom. The molecule has 1 aliphatic heterocycles. The lowest BCUT2D eigenvalue weighted by molar-refractivity contribution is 0.166. The van der Waals surface area contributed by atoms with E-state index >= 15 is 0 Å². The highest BCUT2D eigenvalue weighted by Crippen LogP contribution is 2.37. The molecule has 0 amide bonds. The normalized spacial score (nSPS) is 28.9. The molecular formula is C16H24ClN. The summed E-state index contributed by atoms with van der Waals surface area (Å²) in [6.07, 6.45) is 8.50. The Labute approximate surface area is 117 Å². The predicted molar refractivity (Wildman–Crippen MR) is 79.5 cm³/mol. The molecule has 1 heterocycles. The maximum Gasteiger partial charge on any atom is 0.0164 e. The number of hydrogen-bond acceptors (Lipinski definition) is 1. The first-order valence-electron chi connectivity index (χ1n) is 7.24. The molecule has 0 unspecified atom stereocenters. The van der Waals surface area contributed by atoms with E-state index in [4.69, 9.17) is 0 Å². The van der Waals surface area contributed by atoms with E-state index in [1.165, 1.54) is 51.6 Å². The van der Waals surface area contributed by atoms with Crippen molar-refractivity contribution < 1.29 is 0 Å². The second-order valence-corrected chi connectivity index (χ2v) is 5.61. The van der Waals surface area contributed by atoms with Gasteiger partial charge in [0.2, 0.25) is 0 Å². The van der Waals surface area contributed by atoms with Crippen molar-refractivity contribution in [1.29, 1.82) is 0 Å². The Bertz CT molecular complexity index is 345. The van der Waals surface area contributed by atoms with Gasteiger partial charge >= 0.3 is 0 Å². The number of benzene rings is 1. The number of likely N-dealkylation sites (tertiary alicyclic amines) is 1. The monoisotopic (exact) mass is 265 g/mol. The van der Waals surface area contributed by atoms with Crippen molar-refractivity contribution in [2.24, 2.45) is 0 Å². The Balaban J connectivity index is 0.00000120. The van der Waals surface area contributed by atoms with Gasteiger partial charge in [-0.1, -0.05) is 43.2 Å². The first-order chi connectivity index (χ1) is 8.45. The highest BCUT2D eigenvalue weighted by molar-refractivity contribution is 5.85. The molecule has 0 N–H and O–H groups in total. The average Bonchev–Trinajstić information content (AvgIpc) is 2.94. The van der Waals surface area contributed by atoms with Gasteiger partial charge in [-0.05, 0) is 50.3 Å². The van der Waals surface area contributed by atoms with Crippen molar-refractivity contribution in [3.8, 4) is 0 Å². The quantitative estimate of drug-likeness (QED) is 0.774. The van der Waals surface area contributed by atoms with Crippen LogP contribution in [0.1, 0.15) is 50.0 Å². The van der Waals surface area contributed by atoms with Gasteiger partial charge in [0.1, 0.15) is 0 Å². The van der Waals surface area contributed by atoms with Crippen molar-refractivity contribution in [3.05, 3.63) is 35.9 Å². The van der Waals surface area contributed by atoms with Crippen molar-refractivity contribution in [2.45, 2.75) is 50.5 Å². The van der Waals surface area contributed by atoms with Gasteiger partial charge in [0, 0.05) is 6.04 Å². The third-order valence-electron chi connectivity index (χ3n) is 4.57. The third-order valence-corrected chi connectivity index (χ3v) is 4.57. The SMILES string of the molecule is Cl.c1ccc([C@@H]2CCCC[C@@H]2N2CCCC2)cc1. The van der Waals surface area contributed by atoms with Gasteiger partial charge in [-0.2, -0.15) is 0 Å². The summed E-state index contributed by atoms with van der Waals surface area (Å²) in [7, 11) is 0. The molecule has 0 radical (unpaired) electrons. The van der Waals surface area contributed by atoms with Crippen LogP contribution < -0.4 is 0 Å². The van der Waals surface area contributed by atoms with E-state index in [9.17, 15) is 0 Å². The van der Waals surface area contributed by atoms with E-state index in [2.05, 4.69) is 35.2 Å². The summed E-state index contributed by atoms with van der Waals surface area (Å²) in [6, 6.07) is 12.0. The highest BCUT2D eigenvalue weighted by atomic mass is 35.5. The molecule has 100 valence electrons. The standard InChI is InChI=1S/C16H23N.ClH/c1-2-8-14(9-3-1)15-10-4-5-11-16(15)17-12-6-7-13-17;/h1-3,8-9,15-16H,4-7,10-13H2;1H/t15-,16-;/m0./s1. The molecule has 2 heteroatoms. The smallest absolute Gasteiger partial charge is 0.0164 e. The summed E-state index contributed by atoms with van der Waals surface area (Å²) in [5.74, 6) is 0.794. The number of halogens is 1. The Morgan fingerprint density at radius 3 is 2.22 bits per heavy atom. The van der Waals surface area contributed by atoms with Crippen LogP contribution in [0.3, 0.4) is 0 Å². The molecule has 0 bridgehead atoms. The van der Waals surface area contributed by atoms with Crippen molar-refractivity contribution in [1.82, 2.24) is 4.90 Å². The summed E-state index contributed by atoms with van der Waals surface area (Å²) >= 11 is 0. The molecule has 1 aliphatic carbocycles. The minimum Gasteiger partial charge on any atom is -0.300 e. The molecule has 0 spiro atoms. The molecule has 2 atom stereocenters. The Kier molecular flexibility index (Phi) is 5.08. The summed E-state index contributed by atoms with van der Waals surface area (Å²) < 4.78 is 0. The van der Waals surface area contributed by atoms with Crippen LogP contribution >= 0.6 is 12.4 Å². The predicted octanol–water partition coefficient (Wildman–Crippen LogP) is 4.23. The summed E-state index contributed by atoms with van der Waals surface area (Å²) in [6.45, 7) is 2.68. The molecule has 2 aliphatic rings. The lowest BCUT2D eigenvalue weighted by Crippen LogP contribution is -2.39. The Hall–Kier alpha value is -0.530. The first-order valence-corrected chi connectivity index (χ1v) is 7.24. The zero-order valence-electron chi connectivity index (χ0n) is 11.1. The fourth-order valence-corrected chi connectivity index (χ4v) is 3.71. The van der Waals surface area contributed by atoms with Crippen LogP contribution in [0, 0.1) is 0 Å². The second-order valence-electron chi connectivity index (χ2n) is 5.61. The molecule has 2 fully saturated rings. The minimum absolute atomic E-state index is 0. The number of hydrogen-bond donors (Lipinski definition) is 0. The second kappa shape index (κ2) is 6.58. The molecular weight excluding hydrogens is 242 g/mol. The number of rotatable bonds is 2. The van der Waals surface area contributed by atoms with E-state index in [0.717, 1.165) is 12.0 Å². The van der Waals surface area contributed by atoms with Crippen LogP contribution in [0.4, 0.5) is 0 Å². The van der Waals surface area contributed by atoms with Crippen LogP contribution in [-0.4, -0.2) is 24.0 Å². The van der Waals surface area contributed by atoms with Crippen molar-refractivity contribution >= 4 is 12.4 Å². The third kappa shape index (κ3) is 2.89. The van der Waals surface area contributed by atoms with E-state index in [0.29, 0.717) is 0 Å². The lowest BCUT2D eigenvalue weighted by atomic mass is 9.79. The molecule has 0 aromatic heterocycles. The van der Waals surface area contributed by atoms with E-state index in [1.54, 1.807) is 5.56 Å². The van der Waals surface area contributed by atoms with E-state index < -0.39 is 0 Å². The van der Waals surface area contributed by atoms with Crippen molar-refractivity contribution in [3.63, 3.8) is 0 Å². The van der Waals surface area contributed by atoms with Crippen LogP contribution in [0.2, 0.25) is 0 Å². The van der Waals surface area contributed by atoms with Gasteiger partial charge in [-0.15, -0.1) is 12.4 Å². The first kappa shape index (κ1) is 13.9. The molecule has 1 nitrogen and oxygen atoms in total. The zero-order valence-corrected chi connectivity index (χ0v) is 11.9. The summed E-state index contributed by atoms with van der Waals surface area (Å²) in [5, 5.41) is 0. The minimum atomic E-state index is 0. The molecule has 1 aromatic rings. The maximum atomic E-state index is 2.76. The maximum absolute atomic E-state index is 2.76. The Morgan fingerprint density at radius 2 is 1.50 bits per heavy atom. The fraction of sp³-hybridized carbons (Fsp3) is 0.625. The summed E-state index contributed by atoms with van der Waals surface area (Å²) in [5.41, 5.74) is 1.57. The van der Waals surface area contributed by atoms with Gasteiger partial charge in [-0.3, -0.25) is 4.90 Å². The number of nitrogens with zero attached hydrogens (tertiary/aromatic N) is 1. The zero-order chi connectivity index (χ0) is 11.5. The van der Waals surface area contributed by atoms with Gasteiger partial charge in [0.15, 0.2) is 0 Å². The topological polar surface area (TPSA) is 3.24 Å². The highest BCUT2D eigenvalue weighted by Gasteiger charge is 2.32. The van der Waals surface area contributed by atoms with Crippen molar-refractivity contribution in [2.75, 3.05) is 13.1 Å². The van der Waals surface area contributed by atoms with Gasteiger partial charge in [0.25, 0.3) is 0 Å². The van der Waals surface area contributed by atoms with Crippen LogP contribution in [0.25, 0.3) is 0 Å². The molecule has 18 heavy (non-hydrogen) atoms. The van der Waals surface area contributed by atoms with Gasteiger partial charge in [-0.25, -0.2) is 0 Å². The lowest BCUT2D eigenvalue weighted by Gasteiger charge is -2.38. The molecule has 3 rings (SSSR count). The van der Waals surface area contributed by atoms with Crippen LogP contribution in [-0.2, 0) is 0 Å². The molecule has 1 saturated carbocycles. The summed E-state index contributed by atoms with van der Waals surface area (Å²) in [4.78, 5) is 2.76. The fourth-order valence-electron chi connectivity index (χ4n) is 3.71. The van der Waals surface area contributed by atoms with E-state index in [1.807, 2.05) is 0 Å². The van der Waals surface area contributed by atoms with Gasteiger partial charge < -0.3 is 0 Å². The largest absolute Gasteiger partial charge is 0.300 e. The van der Waals surface area contributed by atoms with Gasteiger partial charge in [0.05, 0.1) is 0 Å². The van der Waals surface area contributed by atoms with E-state index in [-0.39, 0.29) is 12.4 Å². The van der Waals surface area contributed by atoms with Crippen LogP contribution in [0.15, 0.2) is 30.3 Å².